The van der Waals surface area contributed by atoms with Gasteiger partial charge in [0.2, 0.25) is 5.91 Å². The van der Waals surface area contributed by atoms with Crippen molar-refractivity contribution in [1.82, 2.24) is 10.2 Å². The minimum atomic E-state index is 0.344. The number of nitrogens with zero attached hydrogens (tertiary/aromatic N) is 1. The molecule has 2 aliphatic rings. The van der Waals surface area contributed by atoms with Crippen molar-refractivity contribution < 1.29 is 4.79 Å². The Morgan fingerprint density at radius 3 is 2.90 bits per heavy atom. The highest BCUT2D eigenvalue weighted by Crippen LogP contribution is 2.20. The first-order valence-corrected chi connectivity index (χ1v) is 7.93. The van der Waals surface area contributed by atoms with E-state index < -0.39 is 0 Å². The van der Waals surface area contributed by atoms with Crippen molar-refractivity contribution in [2.75, 3.05) is 19.6 Å². The third-order valence-electron chi connectivity index (χ3n) is 4.55. The molecule has 0 atom stereocenters. The molecular weight excluding hydrogens is 248 g/mol. The lowest BCUT2D eigenvalue weighted by Crippen LogP contribution is -2.35. The number of hydrogen-bond acceptors (Lipinski definition) is 2. The Labute approximate surface area is 121 Å². The summed E-state index contributed by atoms with van der Waals surface area (Å²) in [6.07, 6.45) is 6.31. The Hall–Kier alpha value is -1.35. The monoisotopic (exact) mass is 272 g/mol. The molecular formula is C17H24N2O. The predicted octanol–water partition coefficient (Wildman–Crippen LogP) is 2.28. The lowest BCUT2D eigenvalue weighted by molar-refractivity contribution is -0.132. The highest BCUT2D eigenvalue weighted by molar-refractivity contribution is 5.76. The molecule has 1 aromatic carbocycles. The summed E-state index contributed by atoms with van der Waals surface area (Å²) in [4.78, 5) is 14.3. The van der Waals surface area contributed by atoms with E-state index in [4.69, 9.17) is 0 Å². The van der Waals surface area contributed by atoms with E-state index in [1.807, 2.05) is 0 Å². The van der Waals surface area contributed by atoms with Crippen LogP contribution in [0.15, 0.2) is 18.2 Å². The maximum Gasteiger partial charge on any atom is 0.222 e. The number of aryl methyl sites for hydroxylation is 1. The lowest BCUT2D eigenvalue weighted by atomic mass is 9.93. The van der Waals surface area contributed by atoms with E-state index in [2.05, 4.69) is 28.4 Å². The van der Waals surface area contributed by atoms with E-state index >= 15 is 0 Å². The number of likely N-dealkylation sites (tertiary alicyclic amines) is 1. The fourth-order valence-corrected chi connectivity index (χ4v) is 3.39. The number of fused-ring (bicyclic) bond motifs is 1. The van der Waals surface area contributed by atoms with Crippen LogP contribution in [-0.2, 0) is 24.2 Å². The van der Waals surface area contributed by atoms with E-state index in [0.29, 0.717) is 12.3 Å². The molecule has 0 aromatic heterocycles. The van der Waals surface area contributed by atoms with E-state index in [9.17, 15) is 4.79 Å². The predicted molar refractivity (Wildman–Crippen MR) is 80.6 cm³/mol. The number of nitrogens with one attached hydrogen (secondary N) is 1. The topological polar surface area (TPSA) is 32.3 Å². The molecule has 0 spiro atoms. The third-order valence-corrected chi connectivity index (χ3v) is 4.55. The molecule has 3 heteroatoms. The van der Waals surface area contributed by atoms with Crippen molar-refractivity contribution in [3.8, 4) is 0 Å². The van der Waals surface area contributed by atoms with Crippen molar-refractivity contribution in [2.45, 2.75) is 45.1 Å². The van der Waals surface area contributed by atoms with Gasteiger partial charge in [-0.1, -0.05) is 18.2 Å². The maximum absolute atomic E-state index is 12.3. The summed E-state index contributed by atoms with van der Waals surface area (Å²) < 4.78 is 0. The van der Waals surface area contributed by atoms with Gasteiger partial charge in [-0.3, -0.25) is 4.79 Å². The Morgan fingerprint density at radius 1 is 1.20 bits per heavy atom. The van der Waals surface area contributed by atoms with Gasteiger partial charge in [-0.25, -0.2) is 0 Å². The summed E-state index contributed by atoms with van der Waals surface area (Å²) in [6, 6.07) is 6.54. The fraction of sp³-hybridized carbons (Fsp3) is 0.588. The summed E-state index contributed by atoms with van der Waals surface area (Å²) in [5.41, 5.74) is 4.28. The normalized spacial score (nSPS) is 18.7. The Balaban J connectivity index is 1.62. The summed E-state index contributed by atoms with van der Waals surface area (Å²) in [5, 5.41) is 3.41. The van der Waals surface area contributed by atoms with Crippen LogP contribution in [0.1, 0.15) is 42.4 Å². The first-order chi connectivity index (χ1) is 9.84. The van der Waals surface area contributed by atoms with Crippen molar-refractivity contribution in [3.63, 3.8) is 0 Å². The summed E-state index contributed by atoms with van der Waals surface area (Å²) in [7, 11) is 0. The smallest absolute Gasteiger partial charge is 0.222 e. The van der Waals surface area contributed by atoms with Gasteiger partial charge in [-0.2, -0.15) is 0 Å². The lowest BCUT2D eigenvalue weighted by Gasteiger charge is -2.27. The zero-order chi connectivity index (χ0) is 13.8. The van der Waals surface area contributed by atoms with Crippen LogP contribution in [0.25, 0.3) is 0 Å². The van der Waals surface area contributed by atoms with Crippen molar-refractivity contribution >= 4 is 5.91 Å². The van der Waals surface area contributed by atoms with Gasteiger partial charge in [0.1, 0.15) is 0 Å². The van der Waals surface area contributed by atoms with Gasteiger partial charge in [0, 0.05) is 26.1 Å². The first kappa shape index (κ1) is 13.6. The van der Waals surface area contributed by atoms with Gasteiger partial charge >= 0.3 is 0 Å². The molecule has 1 fully saturated rings. The molecule has 0 saturated carbocycles. The second-order valence-electron chi connectivity index (χ2n) is 5.92. The second-order valence-corrected chi connectivity index (χ2v) is 5.92. The molecule has 3 nitrogen and oxygen atoms in total. The molecule has 1 amide bonds. The van der Waals surface area contributed by atoms with Crippen LogP contribution < -0.4 is 5.32 Å². The second kappa shape index (κ2) is 6.40. The van der Waals surface area contributed by atoms with Crippen LogP contribution in [0.5, 0.6) is 0 Å². The van der Waals surface area contributed by atoms with Gasteiger partial charge in [-0.15, -0.1) is 0 Å². The van der Waals surface area contributed by atoms with Crippen LogP contribution in [0.2, 0.25) is 0 Å². The van der Waals surface area contributed by atoms with Crippen LogP contribution in [0.4, 0.5) is 0 Å². The molecule has 0 radical (unpaired) electrons. The number of carbonyl (C=O) groups excluding carboxylic acids is 1. The van der Waals surface area contributed by atoms with E-state index in [1.165, 1.54) is 36.0 Å². The number of rotatable bonds is 3. The van der Waals surface area contributed by atoms with Crippen LogP contribution in [-0.4, -0.2) is 30.4 Å². The van der Waals surface area contributed by atoms with Gasteiger partial charge in [-0.05, 0) is 55.3 Å². The third kappa shape index (κ3) is 3.04. The van der Waals surface area contributed by atoms with E-state index in [1.54, 1.807) is 0 Å². The van der Waals surface area contributed by atoms with Crippen LogP contribution >= 0.6 is 0 Å². The molecule has 1 saturated heterocycles. The van der Waals surface area contributed by atoms with E-state index in [0.717, 1.165) is 39.0 Å². The molecule has 3 rings (SSSR count). The Bertz CT molecular complexity index is 478. The summed E-state index contributed by atoms with van der Waals surface area (Å²) in [5.74, 6) is 0.344. The average Bonchev–Trinajstić information content (AvgIpc) is 2.53. The molecule has 0 aliphatic carbocycles. The Morgan fingerprint density at radius 2 is 2.05 bits per heavy atom. The van der Waals surface area contributed by atoms with Crippen LogP contribution in [0, 0.1) is 0 Å². The zero-order valence-electron chi connectivity index (χ0n) is 12.2. The van der Waals surface area contributed by atoms with Gasteiger partial charge in [0.25, 0.3) is 0 Å². The van der Waals surface area contributed by atoms with Crippen molar-refractivity contribution in [2.24, 2.45) is 0 Å². The summed E-state index contributed by atoms with van der Waals surface area (Å²) in [6.45, 7) is 3.97. The molecule has 108 valence electrons. The SMILES string of the molecule is O=C(CCc1cccc2c1CCNC2)N1CCCCC1. The molecule has 0 bridgehead atoms. The summed E-state index contributed by atoms with van der Waals surface area (Å²) >= 11 is 0. The largest absolute Gasteiger partial charge is 0.343 e. The number of carbonyl (C=O) groups is 1. The zero-order valence-corrected chi connectivity index (χ0v) is 12.2. The molecule has 20 heavy (non-hydrogen) atoms. The average molecular weight is 272 g/mol. The molecule has 1 N–H and O–H groups in total. The molecule has 1 aromatic rings. The van der Waals surface area contributed by atoms with Gasteiger partial charge in [0.15, 0.2) is 0 Å². The highest BCUT2D eigenvalue weighted by atomic mass is 16.2. The molecule has 0 unspecified atom stereocenters. The molecule has 2 heterocycles. The number of hydrogen-bond donors (Lipinski definition) is 1. The number of benzene rings is 1. The minimum Gasteiger partial charge on any atom is -0.343 e. The molecule has 2 aliphatic heterocycles. The quantitative estimate of drug-likeness (QED) is 0.915. The standard InChI is InChI=1S/C17H24N2O/c20-17(19-11-2-1-3-12-19)8-7-14-5-4-6-15-13-18-10-9-16(14)15/h4-6,18H,1-3,7-13H2. The number of amides is 1. The Kier molecular flexibility index (Phi) is 4.36. The van der Waals surface area contributed by atoms with Gasteiger partial charge in [0.05, 0.1) is 0 Å². The highest BCUT2D eigenvalue weighted by Gasteiger charge is 2.17. The van der Waals surface area contributed by atoms with Crippen LogP contribution in [0.3, 0.4) is 0 Å². The van der Waals surface area contributed by atoms with Gasteiger partial charge < -0.3 is 10.2 Å². The van der Waals surface area contributed by atoms with E-state index in [-0.39, 0.29) is 0 Å². The first-order valence-electron chi connectivity index (χ1n) is 7.93. The fourth-order valence-electron chi connectivity index (χ4n) is 3.39. The minimum absolute atomic E-state index is 0.344. The van der Waals surface area contributed by atoms with Crippen molar-refractivity contribution in [3.05, 3.63) is 34.9 Å². The number of piperidine rings is 1. The van der Waals surface area contributed by atoms with Crippen molar-refractivity contribution in [1.29, 1.82) is 0 Å². The maximum atomic E-state index is 12.3.